The molecule has 2 rings (SSSR count). The molecule has 0 radical (unpaired) electrons. The summed E-state index contributed by atoms with van der Waals surface area (Å²) in [6.07, 6.45) is 0.380. The maximum absolute atomic E-state index is 10.9. The summed E-state index contributed by atoms with van der Waals surface area (Å²) < 4.78 is 5.56. The van der Waals surface area contributed by atoms with Crippen LogP contribution in [0.1, 0.15) is 12.0 Å². The van der Waals surface area contributed by atoms with Gasteiger partial charge in [-0.25, -0.2) is 0 Å². The highest BCUT2D eigenvalue weighted by Gasteiger charge is 2.33. The van der Waals surface area contributed by atoms with E-state index >= 15 is 0 Å². The van der Waals surface area contributed by atoms with Crippen molar-refractivity contribution >= 4 is 5.97 Å². The van der Waals surface area contributed by atoms with Crippen LogP contribution in [0.4, 0.5) is 0 Å². The Morgan fingerprint density at radius 1 is 1.53 bits per heavy atom. The number of aliphatic carboxylic acids is 1. The van der Waals surface area contributed by atoms with Crippen LogP contribution >= 0.6 is 0 Å². The van der Waals surface area contributed by atoms with Gasteiger partial charge >= 0.3 is 5.97 Å². The van der Waals surface area contributed by atoms with Crippen molar-refractivity contribution < 1.29 is 19.7 Å². The first-order valence-corrected chi connectivity index (χ1v) is 5.52. The minimum Gasteiger partial charge on any atom is -0.508 e. The molecule has 0 aromatic heterocycles. The van der Waals surface area contributed by atoms with Crippen molar-refractivity contribution in [2.75, 3.05) is 6.54 Å². The Balaban J connectivity index is 1.91. The number of carbonyl (C=O) groups is 1. The van der Waals surface area contributed by atoms with Gasteiger partial charge < -0.3 is 20.3 Å². The lowest BCUT2D eigenvalue weighted by Crippen LogP contribution is -2.39. The molecule has 1 unspecified atom stereocenters. The van der Waals surface area contributed by atoms with Crippen molar-refractivity contribution in [3.8, 4) is 5.75 Å². The molecule has 1 aliphatic heterocycles. The Morgan fingerprint density at radius 2 is 2.35 bits per heavy atom. The number of phenolic OH excluding ortho intramolecular Hbond substituents is 1. The van der Waals surface area contributed by atoms with Gasteiger partial charge in [0.05, 0.1) is 12.7 Å². The highest BCUT2D eigenvalue weighted by Crippen LogP contribution is 2.16. The number of carboxylic acid groups (broad SMARTS) is 1. The first-order valence-electron chi connectivity index (χ1n) is 5.52. The van der Waals surface area contributed by atoms with Crippen molar-refractivity contribution in [3.63, 3.8) is 0 Å². The van der Waals surface area contributed by atoms with Gasteiger partial charge in [-0.15, -0.1) is 0 Å². The average molecular weight is 237 g/mol. The Morgan fingerprint density at radius 3 is 3.06 bits per heavy atom. The van der Waals surface area contributed by atoms with E-state index in [2.05, 4.69) is 5.32 Å². The molecule has 1 saturated heterocycles. The summed E-state index contributed by atoms with van der Waals surface area (Å²) in [5.41, 5.74) is 0.834. The van der Waals surface area contributed by atoms with Crippen LogP contribution in [0, 0.1) is 0 Å². The fourth-order valence-electron chi connectivity index (χ4n) is 1.95. The third-order valence-corrected chi connectivity index (χ3v) is 2.81. The second-order valence-corrected chi connectivity index (χ2v) is 4.08. The van der Waals surface area contributed by atoms with E-state index < -0.39 is 12.0 Å². The molecule has 2 atom stereocenters. The van der Waals surface area contributed by atoms with E-state index in [1.807, 2.05) is 6.07 Å². The first kappa shape index (κ1) is 11.9. The van der Waals surface area contributed by atoms with E-state index in [-0.39, 0.29) is 11.9 Å². The third-order valence-electron chi connectivity index (χ3n) is 2.81. The molecule has 1 heterocycles. The Labute approximate surface area is 99.0 Å². The van der Waals surface area contributed by atoms with E-state index in [1.54, 1.807) is 18.2 Å². The van der Waals surface area contributed by atoms with Gasteiger partial charge in [-0.1, -0.05) is 12.1 Å². The highest BCUT2D eigenvalue weighted by molar-refractivity contribution is 5.74. The summed E-state index contributed by atoms with van der Waals surface area (Å²) in [5, 5.41) is 21.1. The van der Waals surface area contributed by atoms with Crippen LogP contribution in [-0.2, 0) is 16.1 Å². The SMILES string of the molecule is O=C(O)[C@H]1NCCC1OCc1cccc(O)c1. The molecule has 1 fully saturated rings. The molecule has 0 aliphatic carbocycles. The topological polar surface area (TPSA) is 78.8 Å². The molecule has 3 N–H and O–H groups in total. The maximum Gasteiger partial charge on any atom is 0.323 e. The van der Waals surface area contributed by atoms with Gasteiger partial charge in [-0.2, -0.15) is 0 Å². The summed E-state index contributed by atoms with van der Waals surface area (Å²) in [7, 11) is 0. The van der Waals surface area contributed by atoms with E-state index in [0.29, 0.717) is 19.6 Å². The smallest absolute Gasteiger partial charge is 0.323 e. The van der Waals surface area contributed by atoms with Crippen LogP contribution in [0.3, 0.4) is 0 Å². The third kappa shape index (κ3) is 2.95. The monoisotopic (exact) mass is 237 g/mol. The van der Waals surface area contributed by atoms with Gasteiger partial charge in [-0.3, -0.25) is 4.79 Å². The molecule has 1 aromatic carbocycles. The second kappa shape index (κ2) is 5.16. The summed E-state index contributed by atoms with van der Waals surface area (Å²) >= 11 is 0. The van der Waals surface area contributed by atoms with E-state index in [0.717, 1.165) is 5.56 Å². The molecule has 1 aliphatic rings. The standard InChI is InChI=1S/C12H15NO4/c14-9-3-1-2-8(6-9)7-17-10-4-5-13-11(10)12(15)16/h1-3,6,10-11,13-14H,4-5,7H2,(H,15,16)/t10?,11-/m0/s1. The van der Waals surface area contributed by atoms with Crippen molar-refractivity contribution in [2.45, 2.75) is 25.2 Å². The maximum atomic E-state index is 10.9. The van der Waals surface area contributed by atoms with E-state index in [1.165, 1.54) is 0 Å². The van der Waals surface area contributed by atoms with Gasteiger partial charge in [0.15, 0.2) is 0 Å². The molecule has 5 heteroatoms. The number of benzene rings is 1. The zero-order valence-electron chi connectivity index (χ0n) is 9.30. The minimum absolute atomic E-state index is 0.186. The number of hydrogen-bond donors (Lipinski definition) is 3. The number of nitrogens with one attached hydrogen (secondary N) is 1. The highest BCUT2D eigenvalue weighted by atomic mass is 16.5. The lowest BCUT2D eigenvalue weighted by molar-refractivity contribution is -0.142. The molecular weight excluding hydrogens is 222 g/mol. The molecule has 1 aromatic rings. The van der Waals surface area contributed by atoms with Gasteiger partial charge in [0, 0.05) is 0 Å². The molecule has 0 bridgehead atoms. The lowest BCUT2D eigenvalue weighted by Gasteiger charge is -2.16. The zero-order valence-corrected chi connectivity index (χ0v) is 9.30. The normalized spacial score (nSPS) is 23.8. The molecule has 0 saturated carbocycles. The largest absolute Gasteiger partial charge is 0.508 e. The molecule has 0 spiro atoms. The lowest BCUT2D eigenvalue weighted by atomic mass is 10.1. The quantitative estimate of drug-likeness (QED) is 0.719. The molecule has 92 valence electrons. The fraction of sp³-hybridized carbons (Fsp3) is 0.417. The number of carboxylic acids is 1. The van der Waals surface area contributed by atoms with Crippen LogP contribution in [0.2, 0.25) is 0 Å². The summed E-state index contributed by atoms with van der Waals surface area (Å²) in [4.78, 5) is 10.9. The number of phenols is 1. The van der Waals surface area contributed by atoms with Crippen LogP contribution < -0.4 is 5.32 Å². The van der Waals surface area contributed by atoms with Gasteiger partial charge in [0.25, 0.3) is 0 Å². The number of aromatic hydroxyl groups is 1. The van der Waals surface area contributed by atoms with Crippen molar-refractivity contribution in [1.29, 1.82) is 0 Å². The van der Waals surface area contributed by atoms with E-state index in [4.69, 9.17) is 9.84 Å². The van der Waals surface area contributed by atoms with Crippen molar-refractivity contribution in [2.24, 2.45) is 0 Å². The number of hydrogen-bond acceptors (Lipinski definition) is 4. The summed E-state index contributed by atoms with van der Waals surface area (Å²) in [5.74, 6) is -0.700. The fourth-order valence-corrected chi connectivity index (χ4v) is 1.95. The Kier molecular flexibility index (Phi) is 3.61. The molecule has 0 amide bonds. The minimum atomic E-state index is -0.886. The van der Waals surface area contributed by atoms with Gasteiger partial charge in [0.1, 0.15) is 11.8 Å². The predicted octanol–water partition coefficient (Wildman–Crippen LogP) is 0.724. The molecule has 17 heavy (non-hydrogen) atoms. The van der Waals surface area contributed by atoms with Crippen LogP contribution in [-0.4, -0.2) is 34.9 Å². The van der Waals surface area contributed by atoms with Crippen molar-refractivity contribution in [1.82, 2.24) is 5.32 Å². The number of rotatable bonds is 4. The van der Waals surface area contributed by atoms with Gasteiger partial charge in [-0.05, 0) is 30.7 Å². The van der Waals surface area contributed by atoms with Crippen LogP contribution in [0.15, 0.2) is 24.3 Å². The second-order valence-electron chi connectivity index (χ2n) is 4.08. The summed E-state index contributed by atoms with van der Waals surface area (Å²) in [6.45, 7) is 0.964. The Bertz CT molecular complexity index is 407. The van der Waals surface area contributed by atoms with Crippen LogP contribution in [0.5, 0.6) is 5.75 Å². The first-order chi connectivity index (χ1) is 8.16. The molecule has 5 nitrogen and oxygen atoms in total. The van der Waals surface area contributed by atoms with E-state index in [9.17, 15) is 9.90 Å². The Hall–Kier alpha value is -1.59. The molecular formula is C12H15NO4. The predicted molar refractivity (Wildman–Crippen MR) is 60.7 cm³/mol. The van der Waals surface area contributed by atoms with Crippen molar-refractivity contribution in [3.05, 3.63) is 29.8 Å². The zero-order chi connectivity index (χ0) is 12.3. The number of ether oxygens (including phenoxy) is 1. The summed E-state index contributed by atoms with van der Waals surface area (Å²) in [6, 6.07) is 6.12. The van der Waals surface area contributed by atoms with Gasteiger partial charge in [0.2, 0.25) is 0 Å². The average Bonchev–Trinajstić information content (AvgIpc) is 2.74. The van der Waals surface area contributed by atoms with Crippen LogP contribution in [0.25, 0.3) is 0 Å².